The van der Waals surface area contributed by atoms with Crippen molar-refractivity contribution < 1.29 is 4.74 Å². The van der Waals surface area contributed by atoms with Crippen molar-refractivity contribution in [2.75, 3.05) is 6.61 Å². The van der Waals surface area contributed by atoms with Gasteiger partial charge in [0.15, 0.2) is 0 Å². The van der Waals surface area contributed by atoms with E-state index in [1.807, 2.05) is 31.2 Å². The number of imidazole rings is 1. The molecule has 1 heterocycles. The van der Waals surface area contributed by atoms with Crippen LogP contribution in [0.2, 0.25) is 0 Å². The number of benzene rings is 1. The Labute approximate surface area is 106 Å². The van der Waals surface area contributed by atoms with Crippen LogP contribution in [-0.2, 0) is 6.42 Å². The number of rotatable bonds is 5. The van der Waals surface area contributed by atoms with Gasteiger partial charge in [0.2, 0.25) is 0 Å². The Morgan fingerprint density at radius 2 is 2.11 bits per heavy atom. The average molecular weight is 241 g/mol. The van der Waals surface area contributed by atoms with Gasteiger partial charge < -0.3 is 9.72 Å². The third kappa shape index (κ3) is 2.89. The number of aromatic amines is 1. The minimum Gasteiger partial charge on any atom is -0.494 e. The van der Waals surface area contributed by atoms with Gasteiger partial charge >= 0.3 is 0 Å². The summed E-state index contributed by atoms with van der Waals surface area (Å²) >= 11 is 0. The Morgan fingerprint density at radius 3 is 2.78 bits per heavy atom. The van der Waals surface area contributed by atoms with Crippen LogP contribution in [-0.4, -0.2) is 16.6 Å². The standard InChI is InChI=1S/C14H15N3O/c1-2-18-12-7-5-11(6-8-12)13-10-16-14(17-13)4-3-9-15/h5-8,10H,2-4H2,1H3,(H,16,17). The van der Waals surface area contributed by atoms with Gasteiger partial charge in [0.05, 0.1) is 24.6 Å². The first-order chi connectivity index (χ1) is 8.83. The molecule has 0 unspecified atom stereocenters. The SMILES string of the molecule is CCOc1ccc(-c2cnc(CCC#N)[nH]2)cc1. The first-order valence-corrected chi connectivity index (χ1v) is 5.97. The lowest BCUT2D eigenvalue weighted by molar-refractivity contribution is 0.340. The summed E-state index contributed by atoms with van der Waals surface area (Å²) < 4.78 is 5.39. The molecule has 0 spiro atoms. The molecular formula is C14H15N3O. The zero-order valence-electron chi connectivity index (χ0n) is 10.3. The number of hydrogen-bond acceptors (Lipinski definition) is 3. The molecule has 4 nitrogen and oxygen atoms in total. The van der Waals surface area contributed by atoms with Crippen molar-refractivity contribution in [1.82, 2.24) is 9.97 Å². The molecule has 0 fully saturated rings. The topological polar surface area (TPSA) is 61.7 Å². The highest BCUT2D eigenvalue weighted by Gasteiger charge is 2.03. The van der Waals surface area contributed by atoms with E-state index >= 15 is 0 Å². The molecule has 2 rings (SSSR count). The van der Waals surface area contributed by atoms with Crippen LogP contribution in [0.15, 0.2) is 30.5 Å². The highest BCUT2D eigenvalue weighted by atomic mass is 16.5. The summed E-state index contributed by atoms with van der Waals surface area (Å²) in [6.45, 7) is 2.63. The summed E-state index contributed by atoms with van der Waals surface area (Å²) in [5, 5.41) is 8.53. The summed E-state index contributed by atoms with van der Waals surface area (Å²) in [5.74, 6) is 1.71. The molecule has 0 saturated carbocycles. The summed E-state index contributed by atoms with van der Waals surface area (Å²) in [4.78, 5) is 7.46. The fourth-order valence-electron chi connectivity index (χ4n) is 1.71. The number of ether oxygens (including phenoxy) is 1. The minimum atomic E-state index is 0.482. The predicted molar refractivity (Wildman–Crippen MR) is 69.1 cm³/mol. The van der Waals surface area contributed by atoms with E-state index in [0.29, 0.717) is 19.4 Å². The van der Waals surface area contributed by atoms with Crippen LogP contribution in [0.1, 0.15) is 19.2 Å². The molecule has 0 saturated heterocycles. The second-order valence-electron chi connectivity index (χ2n) is 3.86. The number of nitrogens with zero attached hydrogens (tertiary/aromatic N) is 2. The van der Waals surface area contributed by atoms with Crippen LogP contribution in [0.25, 0.3) is 11.3 Å². The Kier molecular flexibility index (Phi) is 3.98. The van der Waals surface area contributed by atoms with Crippen molar-refractivity contribution in [3.05, 3.63) is 36.3 Å². The molecule has 92 valence electrons. The molecule has 4 heteroatoms. The normalized spacial score (nSPS) is 10.0. The lowest BCUT2D eigenvalue weighted by Crippen LogP contribution is -1.90. The van der Waals surface area contributed by atoms with Gasteiger partial charge in [-0.2, -0.15) is 5.26 Å². The second kappa shape index (κ2) is 5.87. The lowest BCUT2D eigenvalue weighted by Gasteiger charge is -2.03. The molecule has 1 aromatic carbocycles. The maximum Gasteiger partial charge on any atom is 0.119 e. The number of nitrogens with one attached hydrogen (secondary N) is 1. The summed E-state index contributed by atoms with van der Waals surface area (Å²) in [6, 6.07) is 9.97. The predicted octanol–water partition coefficient (Wildman–Crippen LogP) is 2.93. The zero-order valence-corrected chi connectivity index (χ0v) is 10.3. The quantitative estimate of drug-likeness (QED) is 0.875. The van der Waals surface area contributed by atoms with Crippen molar-refractivity contribution in [2.45, 2.75) is 19.8 Å². The summed E-state index contributed by atoms with van der Waals surface area (Å²) in [6.07, 6.45) is 2.94. The van der Waals surface area contributed by atoms with E-state index in [-0.39, 0.29) is 0 Å². The van der Waals surface area contributed by atoms with E-state index in [2.05, 4.69) is 16.0 Å². The molecule has 0 aliphatic rings. The van der Waals surface area contributed by atoms with E-state index in [1.165, 1.54) is 0 Å². The molecule has 0 atom stereocenters. The van der Waals surface area contributed by atoms with Gasteiger partial charge in [-0.3, -0.25) is 0 Å². The van der Waals surface area contributed by atoms with E-state index < -0.39 is 0 Å². The van der Waals surface area contributed by atoms with Gasteiger partial charge in [-0.25, -0.2) is 4.98 Å². The van der Waals surface area contributed by atoms with Crippen molar-refractivity contribution in [3.8, 4) is 23.1 Å². The number of H-pyrrole nitrogens is 1. The first-order valence-electron chi connectivity index (χ1n) is 5.97. The van der Waals surface area contributed by atoms with Gasteiger partial charge in [0, 0.05) is 12.8 Å². The molecular weight excluding hydrogens is 226 g/mol. The molecule has 18 heavy (non-hydrogen) atoms. The highest BCUT2D eigenvalue weighted by Crippen LogP contribution is 2.21. The van der Waals surface area contributed by atoms with Gasteiger partial charge in [-0.05, 0) is 36.8 Å². The van der Waals surface area contributed by atoms with Crippen LogP contribution in [0.3, 0.4) is 0 Å². The van der Waals surface area contributed by atoms with E-state index in [4.69, 9.17) is 10.00 Å². The monoisotopic (exact) mass is 241 g/mol. The Morgan fingerprint density at radius 1 is 1.33 bits per heavy atom. The third-order valence-electron chi connectivity index (χ3n) is 2.58. The molecule has 0 bridgehead atoms. The molecule has 0 aliphatic heterocycles. The van der Waals surface area contributed by atoms with Gasteiger partial charge in [0.25, 0.3) is 0 Å². The van der Waals surface area contributed by atoms with Crippen molar-refractivity contribution in [1.29, 1.82) is 5.26 Å². The van der Waals surface area contributed by atoms with E-state index in [0.717, 1.165) is 22.8 Å². The minimum absolute atomic E-state index is 0.482. The maximum atomic E-state index is 8.53. The third-order valence-corrected chi connectivity index (χ3v) is 2.58. The Balaban J connectivity index is 2.11. The summed E-state index contributed by atoms with van der Waals surface area (Å²) in [5.41, 5.74) is 2.03. The van der Waals surface area contributed by atoms with Gasteiger partial charge in [0.1, 0.15) is 11.6 Å². The fourth-order valence-corrected chi connectivity index (χ4v) is 1.71. The van der Waals surface area contributed by atoms with Crippen molar-refractivity contribution >= 4 is 0 Å². The molecule has 0 amide bonds. The molecule has 2 aromatic rings. The summed E-state index contributed by atoms with van der Waals surface area (Å²) in [7, 11) is 0. The first kappa shape index (κ1) is 12.2. The van der Waals surface area contributed by atoms with Crippen LogP contribution in [0, 0.1) is 11.3 Å². The van der Waals surface area contributed by atoms with Crippen LogP contribution in [0.4, 0.5) is 0 Å². The number of nitriles is 1. The van der Waals surface area contributed by atoms with Crippen LogP contribution < -0.4 is 4.74 Å². The van der Waals surface area contributed by atoms with Gasteiger partial charge in [-0.1, -0.05) is 0 Å². The largest absolute Gasteiger partial charge is 0.494 e. The fraction of sp³-hybridized carbons (Fsp3) is 0.286. The molecule has 1 N–H and O–H groups in total. The van der Waals surface area contributed by atoms with Gasteiger partial charge in [-0.15, -0.1) is 0 Å². The van der Waals surface area contributed by atoms with E-state index in [9.17, 15) is 0 Å². The van der Waals surface area contributed by atoms with Crippen LogP contribution in [0.5, 0.6) is 5.75 Å². The number of aromatic nitrogens is 2. The zero-order chi connectivity index (χ0) is 12.8. The molecule has 0 aliphatic carbocycles. The highest BCUT2D eigenvalue weighted by molar-refractivity contribution is 5.59. The smallest absolute Gasteiger partial charge is 0.119 e. The van der Waals surface area contributed by atoms with Crippen LogP contribution >= 0.6 is 0 Å². The number of aryl methyl sites for hydroxylation is 1. The Bertz CT molecular complexity index is 537. The lowest BCUT2D eigenvalue weighted by atomic mass is 10.2. The average Bonchev–Trinajstić information content (AvgIpc) is 2.86. The number of hydrogen-bond donors (Lipinski definition) is 1. The Hall–Kier alpha value is -2.28. The van der Waals surface area contributed by atoms with Crippen molar-refractivity contribution in [2.24, 2.45) is 0 Å². The molecule has 0 radical (unpaired) electrons. The van der Waals surface area contributed by atoms with Crippen molar-refractivity contribution in [3.63, 3.8) is 0 Å². The maximum absolute atomic E-state index is 8.53. The molecule has 1 aromatic heterocycles. The second-order valence-corrected chi connectivity index (χ2v) is 3.86. The van der Waals surface area contributed by atoms with E-state index in [1.54, 1.807) is 6.20 Å².